The van der Waals surface area contributed by atoms with Crippen molar-refractivity contribution in [2.45, 2.75) is 13.5 Å². The molecule has 18 heavy (non-hydrogen) atoms. The molecule has 2 heterocycles. The minimum atomic E-state index is 0.346. The summed E-state index contributed by atoms with van der Waals surface area (Å²) in [6, 6.07) is 7.91. The second kappa shape index (κ2) is 4.19. The van der Waals surface area contributed by atoms with E-state index in [-0.39, 0.29) is 0 Å². The van der Waals surface area contributed by atoms with E-state index in [1.165, 1.54) is 0 Å². The molecule has 0 radical (unpaired) electrons. The summed E-state index contributed by atoms with van der Waals surface area (Å²) in [5, 5.41) is 0. The minimum absolute atomic E-state index is 0.346. The summed E-state index contributed by atoms with van der Waals surface area (Å²) in [6.45, 7) is 2.29. The first-order valence-corrected chi connectivity index (χ1v) is 5.75. The van der Waals surface area contributed by atoms with Crippen LogP contribution >= 0.6 is 0 Å². The molecule has 2 aromatic heterocycles. The number of fused-ring (bicyclic) bond motifs is 1. The number of benzene rings is 1. The molecular weight excluding hydrogens is 226 g/mol. The number of hydrogen-bond acceptors (Lipinski definition) is 4. The number of imidazole rings is 1. The molecule has 90 valence electrons. The van der Waals surface area contributed by atoms with Crippen molar-refractivity contribution in [3.8, 4) is 11.3 Å². The van der Waals surface area contributed by atoms with Gasteiger partial charge in [-0.3, -0.25) is 0 Å². The van der Waals surface area contributed by atoms with Gasteiger partial charge in [-0.1, -0.05) is 6.07 Å². The van der Waals surface area contributed by atoms with Crippen molar-refractivity contribution in [1.29, 1.82) is 0 Å². The molecule has 3 aromatic rings. The third kappa shape index (κ3) is 1.84. The maximum absolute atomic E-state index is 5.55. The summed E-state index contributed by atoms with van der Waals surface area (Å²) in [4.78, 5) is 16.1. The number of H-pyrrole nitrogens is 1. The number of aromatic amines is 1. The highest BCUT2D eigenvalue weighted by molar-refractivity contribution is 5.81. The summed E-state index contributed by atoms with van der Waals surface area (Å²) in [7, 11) is 0. The van der Waals surface area contributed by atoms with Crippen LogP contribution in [0.1, 0.15) is 11.6 Å². The number of nitrogens with zero attached hydrogens (tertiary/aromatic N) is 3. The van der Waals surface area contributed by atoms with Crippen molar-refractivity contribution >= 4 is 11.0 Å². The molecule has 0 saturated heterocycles. The summed E-state index contributed by atoms with van der Waals surface area (Å²) in [5.74, 6) is 1.56. The first kappa shape index (κ1) is 10.9. The fraction of sp³-hybridized carbons (Fsp3) is 0.154. The van der Waals surface area contributed by atoms with Crippen LogP contribution in [0.4, 0.5) is 0 Å². The Morgan fingerprint density at radius 2 is 2.11 bits per heavy atom. The molecule has 0 atom stereocenters. The summed E-state index contributed by atoms with van der Waals surface area (Å²) in [6.07, 6.45) is 1.73. The largest absolute Gasteiger partial charge is 0.342 e. The molecule has 0 spiro atoms. The van der Waals surface area contributed by atoms with Crippen LogP contribution in [0, 0.1) is 6.92 Å². The summed E-state index contributed by atoms with van der Waals surface area (Å²) in [5.41, 5.74) is 9.43. The molecule has 0 fully saturated rings. The van der Waals surface area contributed by atoms with E-state index in [1.807, 2.05) is 31.2 Å². The van der Waals surface area contributed by atoms with Crippen LogP contribution in [0.5, 0.6) is 0 Å². The van der Waals surface area contributed by atoms with Gasteiger partial charge in [-0.2, -0.15) is 0 Å². The highest BCUT2D eigenvalue weighted by Crippen LogP contribution is 2.21. The van der Waals surface area contributed by atoms with E-state index in [0.29, 0.717) is 12.4 Å². The Morgan fingerprint density at radius 1 is 1.22 bits per heavy atom. The summed E-state index contributed by atoms with van der Waals surface area (Å²) < 4.78 is 0. The van der Waals surface area contributed by atoms with Gasteiger partial charge >= 0.3 is 0 Å². The lowest BCUT2D eigenvalue weighted by Crippen LogP contribution is -2.02. The van der Waals surface area contributed by atoms with E-state index >= 15 is 0 Å². The molecule has 0 aliphatic rings. The standard InChI is InChI=1S/C13H13N5/c1-8-16-11-3-2-9(6-12(11)17-8)10-4-5-15-13(7-14)18-10/h2-6H,7,14H2,1H3,(H,16,17). The number of nitrogens with one attached hydrogen (secondary N) is 1. The predicted molar refractivity (Wildman–Crippen MR) is 69.7 cm³/mol. The molecule has 0 aliphatic heterocycles. The van der Waals surface area contributed by atoms with Crippen molar-refractivity contribution in [1.82, 2.24) is 19.9 Å². The third-order valence-electron chi connectivity index (χ3n) is 2.78. The van der Waals surface area contributed by atoms with E-state index in [0.717, 1.165) is 28.1 Å². The average Bonchev–Trinajstić information content (AvgIpc) is 2.77. The Kier molecular flexibility index (Phi) is 2.53. The zero-order valence-corrected chi connectivity index (χ0v) is 10.0. The van der Waals surface area contributed by atoms with Gasteiger partial charge in [0.15, 0.2) is 0 Å². The molecular formula is C13H13N5. The van der Waals surface area contributed by atoms with Gasteiger partial charge in [-0.15, -0.1) is 0 Å². The third-order valence-corrected chi connectivity index (χ3v) is 2.78. The molecule has 5 nitrogen and oxygen atoms in total. The second-order valence-electron chi connectivity index (χ2n) is 4.12. The maximum atomic E-state index is 5.55. The fourth-order valence-electron chi connectivity index (χ4n) is 1.95. The van der Waals surface area contributed by atoms with Crippen molar-refractivity contribution in [2.24, 2.45) is 5.73 Å². The first-order valence-electron chi connectivity index (χ1n) is 5.75. The van der Waals surface area contributed by atoms with Gasteiger partial charge in [-0.05, 0) is 25.1 Å². The molecule has 1 aromatic carbocycles. The zero-order chi connectivity index (χ0) is 12.5. The van der Waals surface area contributed by atoms with Gasteiger partial charge in [0.05, 0.1) is 23.3 Å². The number of hydrogen-bond donors (Lipinski definition) is 2. The Labute approximate surface area is 104 Å². The van der Waals surface area contributed by atoms with Crippen molar-refractivity contribution in [3.63, 3.8) is 0 Å². The molecule has 3 rings (SSSR count). The highest BCUT2D eigenvalue weighted by Gasteiger charge is 2.04. The highest BCUT2D eigenvalue weighted by atomic mass is 14.9. The van der Waals surface area contributed by atoms with Crippen molar-refractivity contribution in [3.05, 3.63) is 42.1 Å². The maximum Gasteiger partial charge on any atom is 0.142 e. The van der Waals surface area contributed by atoms with E-state index < -0.39 is 0 Å². The van der Waals surface area contributed by atoms with Gasteiger partial charge in [-0.25, -0.2) is 15.0 Å². The monoisotopic (exact) mass is 239 g/mol. The topological polar surface area (TPSA) is 80.5 Å². The normalized spacial score (nSPS) is 11.0. The van der Waals surface area contributed by atoms with Crippen molar-refractivity contribution < 1.29 is 0 Å². The molecule has 0 bridgehead atoms. The van der Waals surface area contributed by atoms with Crippen LogP contribution in [0.2, 0.25) is 0 Å². The molecule has 3 N–H and O–H groups in total. The average molecular weight is 239 g/mol. The van der Waals surface area contributed by atoms with Crippen LogP contribution in [0.3, 0.4) is 0 Å². The Balaban J connectivity index is 2.12. The minimum Gasteiger partial charge on any atom is -0.342 e. The van der Waals surface area contributed by atoms with Gasteiger partial charge in [0, 0.05) is 11.8 Å². The van der Waals surface area contributed by atoms with E-state index in [2.05, 4.69) is 19.9 Å². The van der Waals surface area contributed by atoms with Gasteiger partial charge < -0.3 is 10.7 Å². The number of rotatable bonds is 2. The first-order chi connectivity index (χ1) is 8.76. The Bertz CT molecular complexity index is 701. The molecule has 0 unspecified atom stereocenters. The van der Waals surface area contributed by atoms with Crippen LogP contribution < -0.4 is 5.73 Å². The van der Waals surface area contributed by atoms with Crippen LogP contribution in [-0.2, 0) is 6.54 Å². The second-order valence-corrected chi connectivity index (χ2v) is 4.12. The van der Waals surface area contributed by atoms with E-state index in [9.17, 15) is 0 Å². The Morgan fingerprint density at radius 3 is 2.94 bits per heavy atom. The number of aryl methyl sites for hydroxylation is 1. The van der Waals surface area contributed by atoms with E-state index in [4.69, 9.17) is 5.73 Å². The SMILES string of the molecule is Cc1nc2ccc(-c3ccnc(CN)n3)cc2[nH]1. The number of nitrogens with two attached hydrogens (primary N) is 1. The lowest BCUT2D eigenvalue weighted by molar-refractivity contribution is 0.912. The van der Waals surface area contributed by atoms with Crippen LogP contribution in [0.15, 0.2) is 30.5 Å². The zero-order valence-electron chi connectivity index (χ0n) is 10.0. The van der Waals surface area contributed by atoms with Gasteiger partial charge in [0.2, 0.25) is 0 Å². The summed E-state index contributed by atoms with van der Waals surface area (Å²) >= 11 is 0. The van der Waals surface area contributed by atoms with Gasteiger partial charge in [0.25, 0.3) is 0 Å². The quantitative estimate of drug-likeness (QED) is 0.714. The van der Waals surface area contributed by atoms with Crippen LogP contribution in [0.25, 0.3) is 22.3 Å². The smallest absolute Gasteiger partial charge is 0.142 e. The van der Waals surface area contributed by atoms with E-state index in [1.54, 1.807) is 6.20 Å². The van der Waals surface area contributed by atoms with Crippen molar-refractivity contribution in [2.75, 3.05) is 0 Å². The molecule has 5 heteroatoms. The lowest BCUT2D eigenvalue weighted by atomic mass is 10.1. The van der Waals surface area contributed by atoms with Gasteiger partial charge in [0.1, 0.15) is 11.6 Å². The molecule has 0 aliphatic carbocycles. The fourth-order valence-corrected chi connectivity index (χ4v) is 1.95. The molecule has 0 amide bonds. The molecule has 0 saturated carbocycles. The predicted octanol–water partition coefficient (Wildman–Crippen LogP) is 1.79. The number of aromatic nitrogens is 4. The Hall–Kier alpha value is -2.27. The lowest BCUT2D eigenvalue weighted by Gasteiger charge is -2.02. The van der Waals surface area contributed by atoms with Crippen LogP contribution in [-0.4, -0.2) is 19.9 Å².